The number of rotatable bonds is 6. The first kappa shape index (κ1) is 15.9. The second kappa shape index (κ2) is 6.85. The summed E-state index contributed by atoms with van der Waals surface area (Å²) in [5, 5.41) is 20.3. The molecule has 0 bridgehead atoms. The predicted octanol–water partition coefficient (Wildman–Crippen LogP) is 1.32. The van der Waals surface area contributed by atoms with Gasteiger partial charge < -0.3 is 14.9 Å². The lowest BCUT2D eigenvalue weighted by Gasteiger charge is -2.18. The molecule has 0 heterocycles. The highest BCUT2D eigenvalue weighted by Crippen LogP contribution is 2.24. The van der Waals surface area contributed by atoms with Gasteiger partial charge in [0.15, 0.2) is 0 Å². The van der Waals surface area contributed by atoms with E-state index in [-0.39, 0.29) is 17.0 Å². The van der Waals surface area contributed by atoms with Gasteiger partial charge in [-0.2, -0.15) is 0 Å². The second-order valence-corrected chi connectivity index (χ2v) is 4.84. The lowest BCUT2D eigenvalue weighted by atomic mass is 10.1. The molecular weight excluding hydrogens is 262 g/mol. The van der Waals surface area contributed by atoms with Crippen molar-refractivity contribution < 1.29 is 14.8 Å². The third-order valence-corrected chi connectivity index (χ3v) is 2.85. The van der Waals surface area contributed by atoms with Crippen LogP contribution in [0.1, 0.15) is 16.8 Å². The number of phenols is 1. The Balaban J connectivity index is 2.85. The summed E-state index contributed by atoms with van der Waals surface area (Å²) in [4.78, 5) is 25.9. The van der Waals surface area contributed by atoms with Crippen LogP contribution in [0.25, 0.3) is 0 Å². The van der Waals surface area contributed by atoms with Gasteiger partial charge in [-0.3, -0.25) is 14.9 Å². The van der Waals surface area contributed by atoms with Crippen molar-refractivity contribution >= 4 is 11.6 Å². The molecule has 0 unspecified atom stereocenters. The maximum Gasteiger partial charge on any atom is 0.282 e. The number of nitro benzene ring substituents is 1. The van der Waals surface area contributed by atoms with Crippen LogP contribution >= 0.6 is 0 Å². The second-order valence-electron chi connectivity index (χ2n) is 4.84. The summed E-state index contributed by atoms with van der Waals surface area (Å²) >= 11 is 0. The van der Waals surface area contributed by atoms with E-state index in [0.29, 0.717) is 6.54 Å². The molecule has 110 valence electrons. The van der Waals surface area contributed by atoms with E-state index in [9.17, 15) is 20.0 Å². The van der Waals surface area contributed by atoms with Crippen LogP contribution in [0.15, 0.2) is 18.2 Å². The fourth-order valence-corrected chi connectivity index (χ4v) is 1.79. The first-order valence-corrected chi connectivity index (χ1v) is 6.20. The van der Waals surface area contributed by atoms with Crippen molar-refractivity contribution in [2.75, 3.05) is 34.2 Å². The fourth-order valence-electron chi connectivity index (χ4n) is 1.79. The largest absolute Gasteiger partial charge is 0.508 e. The third-order valence-electron chi connectivity index (χ3n) is 2.85. The minimum absolute atomic E-state index is 0.0950. The van der Waals surface area contributed by atoms with Crippen molar-refractivity contribution in [1.82, 2.24) is 9.80 Å². The smallest absolute Gasteiger partial charge is 0.282 e. The van der Waals surface area contributed by atoms with Crippen LogP contribution in [0.3, 0.4) is 0 Å². The molecule has 1 aromatic carbocycles. The molecule has 0 atom stereocenters. The number of benzene rings is 1. The number of phenolic OH excluding ortho intramolecular Hbond substituents is 1. The van der Waals surface area contributed by atoms with Crippen molar-refractivity contribution in [1.29, 1.82) is 0 Å². The van der Waals surface area contributed by atoms with Gasteiger partial charge >= 0.3 is 0 Å². The number of amides is 1. The van der Waals surface area contributed by atoms with E-state index < -0.39 is 10.8 Å². The SMILES string of the molecule is CN(C)CCCN(C)C(=O)c1cc(O)ccc1[N+](=O)[O-]. The number of carbonyl (C=O) groups is 1. The number of carbonyl (C=O) groups excluding carboxylic acids is 1. The van der Waals surface area contributed by atoms with Crippen LogP contribution in [0.4, 0.5) is 5.69 Å². The predicted molar refractivity (Wildman–Crippen MR) is 74.9 cm³/mol. The normalized spacial score (nSPS) is 10.6. The average Bonchev–Trinajstić information content (AvgIpc) is 2.36. The highest BCUT2D eigenvalue weighted by molar-refractivity contribution is 5.98. The van der Waals surface area contributed by atoms with Crippen LogP contribution in [0.2, 0.25) is 0 Å². The maximum absolute atomic E-state index is 12.2. The van der Waals surface area contributed by atoms with Gasteiger partial charge in [0.25, 0.3) is 11.6 Å². The van der Waals surface area contributed by atoms with Crippen LogP contribution < -0.4 is 0 Å². The Morgan fingerprint density at radius 1 is 1.30 bits per heavy atom. The highest BCUT2D eigenvalue weighted by Gasteiger charge is 2.23. The molecule has 1 rings (SSSR count). The number of nitrogens with zero attached hydrogens (tertiary/aromatic N) is 3. The number of aromatic hydroxyl groups is 1. The average molecular weight is 281 g/mol. The summed E-state index contributed by atoms with van der Waals surface area (Å²) in [6, 6.07) is 3.46. The lowest BCUT2D eigenvalue weighted by Crippen LogP contribution is -2.30. The molecule has 20 heavy (non-hydrogen) atoms. The van der Waals surface area contributed by atoms with E-state index in [1.54, 1.807) is 7.05 Å². The first-order chi connectivity index (χ1) is 9.32. The molecule has 0 saturated heterocycles. The van der Waals surface area contributed by atoms with Gasteiger partial charge in [-0.05, 0) is 39.2 Å². The maximum atomic E-state index is 12.2. The van der Waals surface area contributed by atoms with E-state index >= 15 is 0 Å². The molecule has 0 aliphatic heterocycles. The van der Waals surface area contributed by atoms with Crippen molar-refractivity contribution in [3.63, 3.8) is 0 Å². The van der Waals surface area contributed by atoms with Gasteiger partial charge in [-0.25, -0.2) is 0 Å². The Kier molecular flexibility index (Phi) is 5.45. The Morgan fingerprint density at radius 2 is 1.95 bits per heavy atom. The zero-order chi connectivity index (χ0) is 15.3. The van der Waals surface area contributed by atoms with Gasteiger partial charge in [0, 0.05) is 19.7 Å². The van der Waals surface area contributed by atoms with Crippen molar-refractivity contribution in [2.45, 2.75) is 6.42 Å². The molecule has 7 heteroatoms. The Morgan fingerprint density at radius 3 is 2.50 bits per heavy atom. The monoisotopic (exact) mass is 281 g/mol. The molecule has 0 radical (unpaired) electrons. The molecule has 1 aromatic rings. The molecular formula is C13H19N3O4. The number of nitro groups is 1. The summed E-state index contributed by atoms with van der Waals surface area (Å²) < 4.78 is 0. The Labute approximate surface area is 117 Å². The van der Waals surface area contributed by atoms with E-state index in [1.165, 1.54) is 11.0 Å². The zero-order valence-electron chi connectivity index (χ0n) is 11.9. The topological polar surface area (TPSA) is 86.9 Å². The summed E-state index contributed by atoms with van der Waals surface area (Å²) in [5.41, 5.74) is -0.394. The van der Waals surface area contributed by atoms with Crippen LogP contribution in [0, 0.1) is 10.1 Å². The first-order valence-electron chi connectivity index (χ1n) is 6.20. The van der Waals surface area contributed by atoms with E-state index in [1.807, 2.05) is 19.0 Å². The highest BCUT2D eigenvalue weighted by atomic mass is 16.6. The minimum atomic E-state index is -0.625. The summed E-state index contributed by atoms with van der Waals surface area (Å²) in [5.74, 6) is -0.632. The summed E-state index contributed by atoms with van der Waals surface area (Å²) in [6.07, 6.45) is 0.766. The lowest BCUT2D eigenvalue weighted by molar-refractivity contribution is -0.385. The van der Waals surface area contributed by atoms with Crippen LogP contribution in [-0.4, -0.2) is 60.0 Å². The van der Waals surface area contributed by atoms with Gasteiger partial charge in [0.1, 0.15) is 11.3 Å². The quantitative estimate of drug-likeness (QED) is 0.627. The van der Waals surface area contributed by atoms with Gasteiger partial charge in [0.05, 0.1) is 4.92 Å². The van der Waals surface area contributed by atoms with Crippen LogP contribution in [0.5, 0.6) is 5.75 Å². The summed E-state index contributed by atoms with van der Waals surface area (Å²) in [7, 11) is 5.45. The fraction of sp³-hybridized carbons (Fsp3) is 0.462. The molecule has 0 spiro atoms. The summed E-state index contributed by atoms with van der Waals surface area (Å²) in [6.45, 7) is 1.31. The van der Waals surface area contributed by atoms with Crippen molar-refractivity contribution in [3.8, 4) is 5.75 Å². The molecule has 1 amide bonds. The van der Waals surface area contributed by atoms with E-state index in [2.05, 4.69) is 0 Å². The molecule has 0 saturated carbocycles. The number of hydrogen-bond acceptors (Lipinski definition) is 5. The van der Waals surface area contributed by atoms with Crippen molar-refractivity contribution in [2.24, 2.45) is 0 Å². The standard InChI is InChI=1S/C13H19N3O4/c1-14(2)7-4-8-15(3)13(18)11-9-10(17)5-6-12(11)16(19)20/h5-6,9,17H,4,7-8H2,1-3H3. The molecule has 0 aromatic heterocycles. The number of hydrogen-bond donors (Lipinski definition) is 1. The van der Waals surface area contributed by atoms with E-state index in [0.717, 1.165) is 25.1 Å². The van der Waals surface area contributed by atoms with E-state index in [4.69, 9.17) is 0 Å². The minimum Gasteiger partial charge on any atom is -0.508 e. The Bertz CT molecular complexity index is 502. The Hall–Kier alpha value is -2.15. The molecule has 7 nitrogen and oxygen atoms in total. The van der Waals surface area contributed by atoms with Gasteiger partial charge in [-0.1, -0.05) is 0 Å². The molecule has 0 aliphatic rings. The third kappa shape index (κ3) is 4.20. The molecule has 0 aliphatic carbocycles. The molecule has 0 fully saturated rings. The van der Waals surface area contributed by atoms with Crippen LogP contribution in [-0.2, 0) is 0 Å². The zero-order valence-corrected chi connectivity index (χ0v) is 11.9. The van der Waals surface area contributed by atoms with Gasteiger partial charge in [-0.15, -0.1) is 0 Å². The van der Waals surface area contributed by atoms with Crippen molar-refractivity contribution in [3.05, 3.63) is 33.9 Å². The van der Waals surface area contributed by atoms with Gasteiger partial charge in [0.2, 0.25) is 0 Å². The molecule has 1 N–H and O–H groups in total.